The molecule has 0 aromatic heterocycles. The van der Waals surface area contributed by atoms with Crippen LogP contribution in [0.1, 0.15) is 15.9 Å². The number of halogens is 1. The predicted molar refractivity (Wildman–Crippen MR) is 112 cm³/mol. The van der Waals surface area contributed by atoms with Crippen LogP contribution in [0.15, 0.2) is 82.6 Å². The van der Waals surface area contributed by atoms with Crippen LogP contribution >= 0.6 is 23.4 Å². The third kappa shape index (κ3) is 5.38. The van der Waals surface area contributed by atoms with Gasteiger partial charge in [0.1, 0.15) is 0 Å². The van der Waals surface area contributed by atoms with Crippen molar-refractivity contribution in [2.45, 2.75) is 16.2 Å². The highest BCUT2D eigenvalue weighted by Gasteiger charge is 2.15. The van der Waals surface area contributed by atoms with Crippen molar-refractivity contribution in [1.82, 2.24) is 0 Å². The summed E-state index contributed by atoms with van der Waals surface area (Å²) in [6, 6.07) is 22.5. The Morgan fingerprint density at radius 1 is 0.964 bits per heavy atom. The van der Waals surface area contributed by atoms with E-state index in [9.17, 15) is 9.59 Å². The first kappa shape index (κ1) is 20.0. The minimum absolute atomic E-state index is 0.177. The summed E-state index contributed by atoms with van der Waals surface area (Å²) in [5.41, 5.74) is 1.47. The van der Waals surface area contributed by atoms with Crippen molar-refractivity contribution in [1.29, 1.82) is 0 Å². The van der Waals surface area contributed by atoms with Gasteiger partial charge >= 0.3 is 5.97 Å². The third-order valence-corrected chi connectivity index (χ3v) is 5.14. The molecule has 0 heterocycles. The van der Waals surface area contributed by atoms with Gasteiger partial charge in [0.25, 0.3) is 0 Å². The molecule has 0 atom stereocenters. The van der Waals surface area contributed by atoms with Crippen molar-refractivity contribution in [2.75, 3.05) is 12.4 Å². The minimum atomic E-state index is -0.534. The molecule has 0 spiro atoms. The zero-order valence-electron chi connectivity index (χ0n) is 15.1. The molecule has 4 nitrogen and oxygen atoms in total. The fraction of sp³-hybridized carbons (Fsp3) is 0.0909. The summed E-state index contributed by atoms with van der Waals surface area (Å²) in [7, 11) is 1.29. The zero-order valence-corrected chi connectivity index (χ0v) is 16.7. The molecule has 28 heavy (non-hydrogen) atoms. The number of rotatable bonds is 6. The van der Waals surface area contributed by atoms with Gasteiger partial charge in [-0.3, -0.25) is 4.79 Å². The Balaban J connectivity index is 1.71. The normalized spacial score (nSPS) is 10.4. The van der Waals surface area contributed by atoms with Crippen LogP contribution in [-0.2, 0) is 16.0 Å². The van der Waals surface area contributed by atoms with Gasteiger partial charge in [-0.05, 0) is 48.0 Å². The Morgan fingerprint density at radius 3 is 2.46 bits per heavy atom. The van der Waals surface area contributed by atoms with Crippen LogP contribution in [-0.4, -0.2) is 19.0 Å². The largest absolute Gasteiger partial charge is 0.465 e. The molecule has 0 aliphatic rings. The van der Waals surface area contributed by atoms with Gasteiger partial charge in [0.05, 0.1) is 24.8 Å². The Hall–Kier alpha value is -2.76. The molecule has 0 radical (unpaired) electrons. The van der Waals surface area contributed by atoms with E-state index in [1.807, 2.05) is 54.6 Å². The summed E-state index contributed by atoms with van der Waals surface area (Å²) in [5.74, 6) is -0.775. The SMILES string of the molecule is COC(=O)c1ccc(Cl)cc1NC(=O)Cc1cccc(Sc2ccccc2)c1. The van der Waals surface area contributed by atoms with Crippen LogP contribution < -0.4 is 5.32 Å². The number of anilines is 1. The second-order valence-corrected chi connectivity index (χ2v) is 7.55. The second-order valence-electron chi connectivity index (χ2n) is 5.97. The molecule has 0 unspecified atom stereocenters. The maximum Gasteiger partial charge on any atom is 0.339 e. The molecule has 0 aliphatic carbocycles. The summed E-state index contributed by atoms with van der Waals surface area (Å²) in [6.45, 7) is 0. The number of ether oxygens (including phenoxy) is 1. The van der Waals surface area contributed by atoms with Gasteiger partial charge in [0.2, 0.25) is 5.91 Å². The van der Waals surface area contributed by atoms with E-state index in [0.717, 1.165) is 15.4 Å². The Morgan fingerprint density at radius 2 is 1.71 bits per heavy atom. The first-order chi connectivity index (χ1) is 13.5. The molecule has 0 saturated carbocycles. The molecule has 0 saturated heterocycles. The van der Waals surface area contributed by atoms with Gasteiger partial charge in [-0.2, -0.15) is 0 Å². The van der Waals surface area contributed by atoms with E-state index in [1.54, 1.807) is 17.8 Å². The summed E-state index contributed by atoms with van der Waals surface area (Å²) in [4.78, 5) is 26.6. The van der Waals surface area contributed by atoms with Crippen molar-refractivity contribution >= 4 is 40.9 Å². The van der Waals surface area contributed by atoms with E-state index in [4.69, 9.17) is 16.3 Å². The van der Waals surface area contributed by atoms with Crippen LogP contribution in [0, 0.1) is 0 Å². The average molecular weight is 412 g/mol. The summed E-state index contributed by atoms with van der Waals surface area (Å²) < 4.78 is 4.75. The fourth-order valence-corrected chi connectivity index (χ4v) is 3.73. The van der Waals surface area contributed by atoms with Gasteiger partial charge in [-0.15, -0.1) is 0 Å². The van der Waals surface area contributed by atoms with Crippen molar-refractivity contribution in [3.8, 4) is 0 Å². The van der Waals surface area contributed by atoms with E-state index in [0.29, 0.717) is 10.7 Å². The van der Waals surface area contributed by atoms with Crippen LogP contribution in [0.2, 0.25) is 5.02 Å². The number of benzene rings is 3. The van der Waals surface area contributed by atoms with Gasteiger partial charge in [0.15, 0.2) is 0 Å². The van der Waals surface area contributed by atoms with Gasteiger partial charge < -0.3 is 10.1 Å². The van der Waals surface area contributed by atoms with E-state index in [2.05, 4.69) is 5.32 Å². The highest BCUT2D eigenvalue weighted by atomic mass is 35.5. The highest BCUT2D eigenvalue weighted by Crippen LogP contribution is 2.28. The van der Waals surface area contributed by atoms with Crippen LogP contribution in [0.5, 0.6) is 0 Å². The number of esters is 1. The zero-order chi connectivity index (χ0) is 19.9. The summed E-state index contributed by atoms with van der Waals surface area (Å²) in [5, 5.41) is 3.17. The number of hydrogen-bond donors (Lipinski definition) is 1. The minimum Gasteiger partial charge on any atom is -0.465 e. The van der Waals surface area contributed by atoms with Crippen molar-refractivity contribution in [2.24, 2.45) is 0 Å². The first-order valence-corrected chi connectivity index (χ1v) is 9.74. The Bertz CT molecular complexity index is 992. The predicted octanol–water partition coefficient (Wildman–Crippen LogP) is 5.46. The summed E-state index contributed by atoms with van der Waals surface area (Å²) >= 11 is 7.63. The molecule has 0 aliphatic heterocycles. The van der Waals surface area contributed by atoms with Crippen LogP contribution in [0.4, 0.5) is 5.69 Å². The van der Waals surface area contributed by atoms with Gasteiger partial charge in [0, 0.05) is 14.8 Å². The molecule has 0 fully saturated rings. The topological polar surface area (TPSA) is 55.4 Å². The lowest BCUT2D eigenvalue weighted by atomic mass is 10.1. The smallest absolute Gasteiger partial charge is 0.339 e. The first-order valence-electron chi connectivity index (χ1n) is 8.55. The van der Waals surface area contributed by atoms with E-state index in [-0.39, 0.29) is 17.9 Å². The Kier molecular flexibility index (Phi) is 6.74. The van der Waals surface area contributed by atoms with E-state index in [1.165, 1.54) is 19.2 Å². The molecule has 0 bridgehead atoms. The maximum atomic E-state index is 12.5. The number of methoxy groups -OCH3 is 1. The van der Waals surface area contributed by atoms with Gasteiger partial charge in [-0.1, -0.05) is 53.7 Å². The van der Waals surface area contributed by atoms with E-state index < -0.39 is 5.97 Å². The van der Waals surface area contributed by atoms with E-state index >= 15 is 0 Å². The number of carbonyl (C=O) groups is 2. The van der Waals surface area contributed by atoms with Crippen molar-refractivity contribution < 1.29 is 14.3 Å². The maximum absolute atomic E-state index is 12.5. The second kappa shape index (κ2) is 9.44. The molecular weight excluding hydrogens is 394 g/mol. The standard InChI is InChI=1S/C22H18ClNO3S/c1-27-22(26)19-11-10-16(23)14-20(19)24-21(25)13-15-6-5-9-18(12-15)28-17-7-3-2-4-8-17/h2-12,14H,13H2,1H3,(H,24,25). The monoisotopic (exact) mass is 411 g/mol. The number of nitrogens with one attached hydrogen (secondary N) is 1. The number of amides is 1. The lowest BCUT2D eigenvalue weighted by Gasteiger charge is -2.11. The molecule has 6 heteroatoms. The lowest BCUT2D eigenvalue weighted by Crippen LogP contribution is -2.17. The third-order valence-electron chi connectivity index (χ3n) is 3.90. The Labute approximate surface area is 172 Å². The number of carbonyl (C=O) groups excluding carboxylic acids is 2. The summed E-state index contributed by atoms with van der Waals surface area (Å²) in [6.07, 6.45) is 0.177. The lowest BCUT2D eigenvalue weighted by molar-refractivity contribution is -0.115. The van der Waals surface area contributed by atoms with Crippen LogP contribution in [0.25, 0.3) is 0 Å². The molecule has 1 N–H and O–H groups in total. The quantitative estimate of drug-likeness (QED) is 0.547. The molecular formula is C22H18ClNO3S. The fourth-order valence-electron chi connectivity index (χ4n) is 2.63. The highest BCUT2D eigenvalue weighted by molar-refractivity contribution is 7.99. The molecule has 1 amide bonds. The molecule has 3 rings (SSSR count). The van der Waals surface area contributed by atoms with Crippen LogP contribution in [0.3, 0.4) is 0 Å². The number of hydrogen-bond acceptors (Lipinski definition) is 4. The van der Waals surface area contributed by atoms with Crippen molar-refractivity contribution in [3.05, 3.63) is 88.9 Å². The molecule has 142 valence electrons. The average Bonchev–Trinajstić information content (AvgIpc) is 2.68. The van der Waals surface area contributed by atoms with Gasteiger partial charge in [-0.25, -0.2) is 4.79 Å². The molecule has 3 aromatic carbocycles. The molecule has 3 aromatic rings. The van der Waals surface area contributed by atoms with Crippen molar-refractivity contribution in [3.63, 3.8) is 0 Å².